The second-order valence-electron chi connectivity index (χ2n) is 6.88. The Balaban J connectivity index is 1.83. The van der Waals surface area contributed by atoms with Crippen molar-refractivity contribution in [2.75, 3.05) is 4.90 Å². The predicted octanol–water partition coefficient (Wildman–Crippen LogP) is 7.03. The lowest BCUT2D eigenvalue weighted by atomic mass is 10.0. The van der Waals surface area contributed by atoms with Crippen molar-refractivity contribution in [1.29, 1.82) is 0 Å². The Bertz CT molecular complexity index is 918. The Morgan fingerprint density at radius 2 is 0.931 bits per heavy atom. The van der Waals surface area contributed by atoms with Gasteiger partial charge in [0.05, 0.1) is 23.2 Å². The molecule has 150 valence electrons. The van der Waals surface area contributed by atoms with E-state index in [2.05, 4.69) is 0 Å². The van der Waals surface area contributed by atoms with Crippen LogP contribution in [0.2, 0.25) is 0 Å². The molecule has 4 rings (SSSR count). The Morgan fingerprint density at radius 1 is 0.552 bits per heavy atom. The summed E-state index contributed by atoms with van der Waals surface area (Å²) in [5, 5.41) is 0. The third kappa shape index (κ3) is 3.81. The largest absolute Gasteiger partial charge is 0.416 e. The maximum absolute atomic E-state index is 13.3. The standard InChI is InChI=1S/C22H15F6N/c23-21(24,25)16-11-17(22(26,27)28)13-18(12-16)29-19(14-7-3-1-4-8-14)20(29)15-9-5-2-6-10-15/h1-13,19-20H/t19-,20-/m1/s1. The maximum atomic E-state index is 13.3. The molecule has 0 radical (unpaired) electrons. The van der Waals surface area contributed by atoms with Gasteiger partial charge in [-0.2, -0.15) is 26.3 Å². The summed E-state index contributed by atoms with van der Waals surface area (Å²) in [4.78, 5) is 1.59. The maximum Gasteiger partial charge on any atom is 0.416 e. The molecule has 0 unspecified atom stereocenters. The van der Waals surface area contributed by atoms with Crippen molar-refractivity contribution >= 4 is 5.69 Å². The topological polar surface area (TPSA) is 3.01 Å². The molecule has 2 atom stereocenters. The van der Waals surface area contributed by atoms with Gasteiger partial charge in [0.25, 0.3) is 0 Å². The molecule has 1 fully saturated rings. The fourth-order valence-electron chi connectivity index (χ4n) is 3.63. The lowest BCUT2D eigenvalue weighted by Gasteiger charge is -2.16. The zero-order valence-corrected chi connectivity index (χ0v) is 14.9. The van der Waals surface area contributed by atoms with Crippen LogP contribution >= 0.6 is 0 Å². The van der Waals surface area contributed by atoms with E-state index in [1.54, 1.807) is 41.3 Å². The molecule has 1 saturated heterocycles. The number of anilines is 1. The fourth-order valence-corrected chi connectivity index (χ4v) is 3.63. The van der Waals surface area contributed by atoms with Crippen LogP contribution in [0, 0.1) is 0 Å². The van der Waals surface area contributed by atoms with Gasteiger partial charge in [0.2, 0.25) is 0 Å². The number of hydrogen-bond donors (Lipinski definition) is 0. The number of benzene rings is 3. The van der Waals surface area contributed by atoms with Crippen molar-refractivity contribution in [3.05, 3.63) is 101 Å². The van der Waals surface area contributed by atoms with Crippen molar-refractivity contribution in [1.82, 2.24) is 0 Å². The summed E-state index contributed by atoms with van der Waals surface area (Å²) < 4.78 is 79.6. The van der Waals surface area contributed by atoms with Gasteiger partial charge in [-0.3, -0.25) is 0 Å². The van der Waals surface area contributed by atoms with Crippen molar-refractivity contribution in [3.63, 3.8) is 0 Å². The van der Waals surface area contributed by atoms with Crippen molar-refractivity contribution in [2.45, 2.75) is 24.4 Å². The first-order valence-electron chi connectivity index (χ1n) is 8.84. The monoisotopic (exact) mass is 407 g/mol. The van der Waals surface area contributed by atoms with Crippen LogP contribution in [0.3, 0.4) is 0 Å². The number of halogens is 6. The normalized spacial score (nSPS) is 19.3. The number of hydrogen-bond acceptors (Lipinski definition) is 1. The summed E-state index contributed by atoms with van der Waals surface area (Å²) >= 11 is 0. The summed E-state index contributed by atoms with van der Waals surface area (Å²) in [5.74, 6) is 0. The SMILES string of the molecule is FC(F)(F)c1cc(N2[C@H](c3ccccc3)[C@H]2c2ccccc2)cc(C(F)(F)F)c1. The Labute approximate surface area is 163 Å². The van der Waals surface area contributed by atoms with Gasteiger partial charge >= 0.3 is 12.4 Å². The van der Waals surface area contributed by atoms with Crippen molar-refractivity contribution in [2.24, 2.45) is 0 Å². The first-order valence-corrected chi connectivity index (χ1v) is 8.84. The van der Waals surface area contributed by atoms with Gasteiger partial charge in [0.1, 0.15) is 0 Å². The van der Waals surface area contributed by atoms with Crippen LogP contribution in [0.25, 0.3) is 0 Å². The minimum atomic E-state index is -4.88. The van der Waals surface area contributed by atoms with Crippen molar-refractivity contribution in [3.8, 4) is 0 Å². The molecular weight excluding hydrogens is 392 g/mol. The molecule has 0 bridgehead atoms. The van der Waals surface area contributed by atoms with Gasteiger partial charge in [0, 0.05) is 5.69 Å². The van der Waals surface area contributed by atoms with Gasteiger partial charge in [-0.25, -0.2) is 0 Å². The highest BCUT2D eigenvalue weighted by molar-refractivity contribution is 5.64. The molecule has 1 aliphatic rings. The molecule has 1 heterocycles. The number of rotatable bonds is 3. The third-order valence-corrected chi connectivity index (χ3v) is 4.96. The van der Waals surface area contributed by atoms with Crippen molar-refractivity contribution < 1.29 is 26.3 Å². The van der Waals surface area contributed by atoms with Crippen LogP contribution in [0.4, 0.5) is 32.0 Å². The van der Waals surface area contributed by atoms with Gasteiger partial charge in [-0.15, -0.1) is 0 Å². The first-order chi connectivity index (χ1) is 13.7. The lowest BCUT2D eigenvalue weighted by molar-refractivity contribution is -0.143. The zero-order chi connectivity index (χ0) is 20.8. The third-order valence-electron chi connectivity index (χ3n) is 4.96. The van der Waals surface area contributed by atoms with Gasteiger partial charge in [-0.05, 0) is 29.3 Å². The summed E-state index contributed by atoms with van der Waals surface area (Å²) in [6.45, 7) is 0. The average molecular weight is 407 g/mol. The predicted molar refractivity (Wildman–Crippen MR) is 97.3 cm³/mol. The van der Waals surface area contributed by atoms with Crippen LogP contribution in [-0.2, 0) is 12.4 Å². The smallest absolute Gasteiger partial charge is 0.353 e. The molecule has 1 nitrogen and oxygen atoms in total. The number of alkyl halides is 6. The molecule has 0 spiro atoms. The quantitative estimate of drug-likeness (QED) is 0.333. The molecule has 3 aromatic carbocycles. The van der Waals surface area contributed by atoms with E-state index in [1.165, 1.54) is 0 Å². The van der Waals surface area contributed by atoms with Crippen LogP contribution in [0.1, 0.15) is 34.3 Å². The molecule has 0 aromatic heterocycles. The molecule has 3 aromatic rings. The first kappa shape index (κ1) is 19.4. The molecule has 0 amide bonds. The second kappa shape index (κ2) is 6.83. The summed E-state index contributed by atoms with van der Waals surface area (Å²) in [6.07, 6.45) is -9.76. The van der Waals surface area contributed by atoms with Crippen LogP contribution in [0.15, 0.2) is 78.9 Å². The van der Waals surface area contributed by atoms with E-state index in [0.29, 0.717) is 0 Å². The van der Waals surface area contributed by atoms with E-state index < -0.39 is 23.5 Å². The Morgan fingerprint density at radius 3 is 1.28 bits per heavy atom. The van der Waals surface area contributed by atoms with Crippen LogP contribution < -0.4 is 4.90 Å². The second-order valence-corrected chi connectivity index (χ2v) is 6.88. The highest BCUT2D eigenvalue weighted by Crippen LogP contribution is 2.57. The highest BCUT2D eigenvalue weighted by Gasteiger charge is 2.50. The van der Waals surface area contributed by atoms with E-state index in [-0.39, 0.29) is 23.8 Å². The summed E-state index contributed by atoms with van der Waals surface area (Å²) in [6, 6.07) is 19.1. The summed E-state index contributed by atoms with van der Waals surface area (Å²) in [7, 11) is 0. The molecule has 0 saturated carbocycles. The Kier molecular flexibility index (Phi) is 4.56. The molecule has 0 aliphatic carbocycles. The minimum absolute atomic E-state index is 0.102. The molecule has 0 N–H and O–H groups in total. The van der Waals surface area contributed by atoms with E-state index in [1.807, 2.05) is 24.3 Å². The van der Waals surface area contributed by atoms with Crippen LogP contribution in [0.5, 0.6) is 0 Å². The summed E-state index contributed by atoms with van der Waals surface area (Å²) in [5.41, 5.74) is -1.07. The van der Waals surface area contributed by atoms with E-state index in [0.717, 1.165) is 23.3 Å². The Hall–Kier alpha value is -2.96. The molecule has 7 heteroatoms. The minimum Gasteiger partial charge on any atom is -0.353 e. The van der Waals surface area contributed by atoms with Crippen LogP contribution in [-0.4, -0.2) is 0 Å². The molecule has 1 aliphatic heterocycles. The lowest BCUT2D eigenvalue weighted by Crippen LogP contribution is -2.12. The molecular formula is C22H15F6N. The van der Waals surface area contributed by atoms with E-state index in [4.69, 9.17) is 0 Å². The van der Waals surface area contributed by atoms with E-state index >= 15 is 0 Å². The van der Waals surface area contributed by atoms with Gasteiger partial charge in [-0.1, -0.05) is 60.7 Å². The van der Waals surface area contributed by atoms with E-state index in [9.17, 15) is 26.3 Å². The molecule has 29 heavy (non-hydrogen) atoms. The zero-order valence-electron chi connectivity index (χ0n) is 14.9. The van der Waals surface area contributed by atoms with Gasteiger partial charge in [0.15, 0.2) is 0 Å². The average Bonchev–Trinajstić information content (AvgIpc) is 3.43. The highest BCUT2D eigenvalue weighted by atomic mass is 19.4. The van der Waals surface area contributed by atoms with Gasteiger partial charge < -0.3 is 4.90 Å². The fraction of sp³-hybridized carbons (Fsp3) is 0.182. The number of nitrogens with zero attached hydrogens (tertiary/aromatic N) is 1.